The zero-order valence-electron chi connectivity index (χ0n) is 11.0. The van der Waals surface area contributed by atoms with Crippen molar-refractivity contribution in [3.05, 3.63) is 28.8 Å². The van der Waals surface area contributed by atoms with Gasteiger partial charge in [-0.3, -0.25) is 0 Å². The molecule has 3 heteroatoms. The number of benzene rings is 1. The van der Waals surface area contributed by atoms with Crippen molar-refractivity contribution in [3.8, 4) is 5.75 Å². The van der Waals surface area contributed by atoms with Gasteiger partial charge in [0.2, 0.25) is 0 Å². The summed E-state index contributed by atoms with van der Waals surface area (Å²) in [6.07, 6.45) is 6.74. The van der Waals surface area contributed by atoms with Crippen LogP contribution in [0.5, 0.6) is 5.75 Å². The van der Waals surface area contributed by atoms with Gasteiger partial charge in [-0.2, -0.15) is 0 Å². The van der Waals surface area contributed by atoms with Crippen molar-refractivity contribution in [3.63, 3.8) is 0 Å². The van der Waals surface area contributed by atoms with E-state index in [2.05, 4.69) is 12.2 Å². The summed E-state index contributed by atoms with van der Waals surface area (Å²) < 4.78 is 0. The molecule has 2 N–H and O–H groups in total. The smallest absolute Gasteiger partial charge is 0.121 e. The predicted molar refractivity (Wildman–Crippen MR) is 76.0 cm³/mol. The van der Waals surface area contributed by atoms with Crippen LogP contribution in [0.25, 0.3) is 0 Å². The van der Waals surface area contributed by atoms with Gasteiger partial charge in [-0.1, -0.05) is 36.9 Å². The van der Waals surface area contributed by atoms with Crippen LogP contribution in [-0.2, 0) is 6.54 Å². The number of halogens is 1. The van der Waals surface area contributed by atoms with Crippen LogP contribution in [0.2, 0.25) is 5.02 Å². The molecule has 1 aliphatic carbocycles. The summed E-state index contributed by atoms with van der Waals surface area (Å²) in [5.74, 6) is 1.05. The molecule has 0 bridgehead atoms. The highest BCUT2D eigenvalue weighted by Crippen LogP contribution is 2.28. The van der Waals surface area contributed by atoms with Crippen LogP contribution >= 0.6 is 11.6 Å². The largest absolute Gasteiger partial charge is 0.508 e. The molecule has 100 valence electrons. The molecule has 1 aliphatic rings. The summed E-state index contributed by atoms with van der Waals surface area (Å²) in [5.41, 5.74) is 0.807. The van der Waals surface area contributed by atoms with Crippen LogP contribution in [0.15, 0.2) is 18.2 Å². The van der Waals surface area contributed by atoms with Crippen molar-refractivity contribution < 1.29 is 5.11 Å². The molecule has 0 saturated heterocycles. The Bertz CT molecular complexity index is 368. The van der Waals surface area contributed by atoms with Crippen LogP contribution in [0.4, 0.5) is 0 Å². The van der Waals surface area contributed by atoms with Crippen molar-refractivity contribution in [2.45, 2.75) is 51.6 Å². The zero-order chi connectivity index (χ0) is 13.0. The molecule has 0 spiro atoms. The minimum absolute atomic E-state index is 0.283. The van der Waals surface area contributed by atoms with Gasteiger partial charge in [-0.25, -0.2) is 0 Å². The molecule has 1 aromatic rings. The second-order valence-corrected chi connectivity index (χ2v) is 5.71. The number of hydrogen-bond donors (Lipinski definition) is 2. The van der Waals surface area contributed by atoms with Gasteiger partial charge in [-0.05, 0) is 37.8 Å². The van der Waals surface area contributed by atoms with Crippen LogP contribution < -0.4 is 5.32 Å². The van der Waals surface area contributed by atoms with E-state index in [9.17, 15) is 5.11 Å². The first kappa shape index (κ1) is 13.7. The van der Waals surface area contributed by atoms with Gasteiger partial charge < -0.3 is 10.4 Å². The Labute approximate surface area is 114 Å². The summed E-state index contributed by atoms with van der Waals surface area (Å²) in [6.45, 7) is 2.88. The lowest BCUT2D eigenvalue weighted by molar-refractivity contribution is 0.280. The molecular weight excluding hydrogens is 246 g/mol. The molecule has 0 aromatic heterocycles. The maximum absolute atomic E-state index is 9.79. The lowest BCUT2D eigenvalue weighted by Crippen LogP contribution is -2.34. The molecule has 1 fully saturated rings. The third-order valence-electron chi connectivity index (χ3n) is 4.05. The maximum Gasteiger partial charge on any atom is 0.121 e. The average Bonchev–Trinajstić information content (AvgIpc) is 2.39. The standard InChI is InChI=1S/C15H22ClNO/c1-11(12-6-3-2-4-7-12)17-10-13-14(16)8-5-9-15(13)18/h5,8-9,11-12,17-18H,2-4,6-7,10H2,1H3. The van der Waals surface area contributed by atoms with Crippen molar-refractivity contribution in [2.24, 2.45) is 5.92 Å². The van der Waals surface area contributed by atoms with Crippen molar-refractivity contribution in [2.75, 3.05) is 0 Å². The summed E-state index contributed by atoms with van der Waals surface area (Å²) >= 11 is 6.10. The highest BCUT2D eigenvalue weighted by Gasteiger charge is 2.20. The molecule has 0 aliphatic heterocycles. The second kappa shape index (κ2) is 6.44. The molecule has 0 amide bonds. The van der Waals surface area contributed by atoms with E-state index in [0.29, 0.717) is 17.6 Å². The SMILES string of the molecule is CC(NCc1c(O)cccc1Cl)C1CCCCC1. The zero-order valence-corrected chi connectivity index (χ0v) is 11.7. The fourth-order valence-electron chi connectivity index (χ4n) is 2.79. The quantitative estimate of drug-likeness (QED) is 0.861. The molecular formula is C15H22ClNO. The fraction of sp³-hybridized carbons (Fsp3) is 0.600. The minimum atomic E-state index is 0.283. The Kier molecular flexibility index (Phi) is 4.90. The molecule has 1 saturated carbocycles. The number of phenols is 1. The molecule has 2 nitrogen and oxygen atoms in total. The van der Waals surface area contributed by atoms with E-state index >= 15 is 0 Å². The summed E-state index contributed by atoms with van der Waals surface area (Å²) in [6, 6.07) is 5.77. The van der Waals surface area contributed by atoms with E-state index in [1.165, 1.54) is 32.1 Å². The van der Waals surface area contributed by atoms with Gasteiger partial charge in [0.05, 0.1) is 0 Å². The van der Waals surface area contributed by atoms with E-state index in [1.54, 1.807) is 12.1 Å². The van der Waals surface area contributed by atoms with Gasteiger partial charge in [0, 0.05) is 23.2 Å². The first-order chi connectivity index (χ1) is 8.68. The second-order valence-electron chi connectivity index (χ2n) is 5.31. The highest BCUT2D eigenvalue weighted by molar-refractivity contribution is 6.31. The lowest BCUT2D eigenvalue weighted by Gasteiger charge is -2.28. The Morgan fingerprint density at radius 1 is 1.33 bits per heavy atom. The molecule has 18 heavy (non-hydrogen) atoms. The first-order valence-electron chi connectivity index (χ1n) is 6.88. The molecule has 0 heterocycles. The normalized spacial score (nSPS) is 18.8. The van der Waals surface area contributed by atoms with Crippen molar-refractivity contribution in [1.29, 1.82) is 0 Å². The van der Waals surface area contributed by atoms with Gasteiger partial charge in [0.1, 0.15) is 5.75 Å². The van der Waals surface area contributed by atoms with Crippen LogP contribution in [0, 0.1) is 5.92 Å². The predicted octanol–water partition coefficient (Wildman–Crippen LogP) is 4.10. The third-order valence-corrected chi connectivity index (χ3v) is 4.41. The summed E-state index contributed by atoms with van der Waals surface area (Å²) in [7, 11) is 0. The molecule has 1 aromatic carbocycles. The molecule has 2 rings (SSSR count). The van der Waals surface area contributed by atoms with Gasteiger partial charge in [0.15, 0.2) is 0 Å². The Morgan fingerprint density at radius 3 is 2.72 bits per heavy atom. The van der Waals surface area contributed by atoms with Crippen molar-refractivity contribution in [1.82, 2.24) is 5.32 Å². The fourth-order valence-corrected chi connectivity index (χ4v) is 3.02. The third kappa shape index (κ3) is 3.39. The minimum Gasteiger partial charge on any atom is -0.508 e. The summed E-state index contributed by atoms with van der Waals surface area (Å²) in [4.78, 5) is 0. The van der Waals surface area contributed by atoms with Crippen molar-refractivity contribution >= 4 is 11.6 Å². The number of nitrogens with one attached hydrogen (secondary N) is 1. The molecule has 0 radical (unpaired) electrons. The Hall–Kier alpha value is -0.730. The van der Waals surface area contributed by atoms with Crippen LogP contribution in [0.3, 0.4) is 0 Å². The lowest BCUT2D eigenvalue weighted by atomic mass is 9.84. The van der Waals surface area contributed by atoms with Crippen LogP contribution in [-0.4, -0.2) is 11.1 Å². The van der Waals surface area contributed by atoms with Gasteiger partial charge in [0.25, 0.3) is 0 Å². The highest BCUT2D eigenvalue weighted by atomic mass is 35.5. The Morgan fingerprint density at radius 2 is 2.06 bits per heavy atom. The van der Waals surface area contributed by atoms with Gasteiger partial charge >= 0.3 is 0 Å². The van der Waals surface area contributed by atoms with Crippen LogP contribution in [0.1, 0.15) is 44.6 Å². The number of rotatable bonds is 4. The monoisotopic (exact) mass is 267 g/mol. The van der Waals surface area contributed by atoms with Gasteiger partial charge in [-0.15, -0.1) is 0 Å². The summed E-state index contributed by atoms with van der Waals surface area (Å²) in [5, 5.41) is 13.9. The van der Waals surface area contributed by atoms with E-state index < -0.39 is 0 Å². The van der Waals surface area contributed by atoms with E-state index in [-0.39, 0.29) is 5.75 Å². The van der Waals surface area contributed by atoms with E-state index in [1.807, 2.05) is 6.07 Å². The number of phenolic OH excluding ortho intramolecular Hbond substituents is 1. The molecule has 1 unspecified atom stereocenters. The van der Waals surface area contributed by atoms with E-state index in [4.69, 9.17) is 11.6 Å². The Balaban J connectivity index is 1.90. The topological polar surface area (TPSA) is 32.3 Å². The average molecular weight is 268 g/mol. The molecule has 1 atom stereocenters. The number of hydrogen-bond acceptors (Lipinski definition) is 2. The number of aromatic hydroxyl groups is 1. The van der Waals surface area contributed by atoms with E-state index in [0.717, 1.165) is 11.5 Å². The maximum atomic E-state index is 9.79. The first-order valence-corrected chi connectivity index (χ1v) is 7.26.